The zero-order valence-electron chi connectivity index (χ0n) is 12.8. The van der Waals surface area contributed by atoms with Crippen LogP contribution in [0.5, 0.6) is 0 Å². The van der Waals surface area contributed by atoms with Crippen molar-refractivity contribution in [3.05, 3.63) is 18.0 Å². The van der Waals surface area contributed by atoms with Crippen LogP contribution in [0.15, 0.2) is 12.4 Å². The average molecular weight is 304 g/mol. The maximum Gasteiger partial charge on any atom is 0.341 e. The Morgan fingerprint density at radius 3 is 3.05 bits per heavy atom. The molecule has 2 aromatic rings. The first-order valence-electron chi connectivity index (χ1n) is 7.60. The molecule has 0 bridgehead atoms. The van der Waals surface area contributed by atoms with Gasteiger partial charge in [-0.15, -0.1) is 0 Å². The lowest BCUT2D eigenvalue weighted by Crippen LogP contribution is -2.21. The van der Waals surface area contributed by atoms with Gasteiger partial charge in [-0.3, -0.25) is 0 Å². The van der Waals surface area contributed by atoms with Gasteiger partial charge in [-0.05, 0) is 20.3 Å². The number of anilines is 1. The first-order chi connectivity index (χ1) is 10.7. The van der Waals surface area contributed by atoms with Gasteiger partial charge in [0, 0.05) is 19.3 Å². The van der Waals surface area contributed by atoms with Crippen LogP contribution in [0, 0.1) is 0 Å². The smallest absolute Gasteiger partial charge is 0.341 e. The Morgan fingerprint density at radius 2 is 2.36 bits per heavy atom. The summed E-state index contributed by atoms with van der Waals surface area (Å²) >= 11 is 0. The number of pyridine rings is 1. The number of carbonyl (C=O) groups excluding carboxylic acids is 1. The summed E-state index contributed by atoms with van der Waals surface area (Å²) in [5, 5.41) is 8.57. The molecule has 7 nitrogen and oxygen atoms in total. The van der Waals surface area contributed by atoms with E-state index in [1.54, 1.807) is 24.0 Å². The van der Waals surface area contributed by atoms with Crippen molar-refractivity contribution in [1.29, 1.82) is 0 Å². The number of hydrogen-bond donors (Lipinski definition) is 1. The van der Waals surface area contributed by atoms with E-state index in [0.717, 1.165) is 36.3 Å². The molecule has 1 aliphatic rings. The van der Waals surface area contributed by atoms with Crippen molar-refractivity contribution in [3.63, 3.8) is 0 Å². The Hall–Kier alpha value is -2.15. The number of carbonyl (C=O) groups is 1. The van der Waals surface area contributed by atoms with E-state index in [2.05, 4.69) is 15.4 Å². The molecule has 1 aliphatic heterocycles. The number of nitrogens with zero attached hydrogens (tertiary/aromatic N) is 3. The second-order valence-electron chi connectivity index (χ2n) is 5.17. The largest absolute Gasteiger partial charge is 0.462 e. The van der Waals surface area contributed by atoms with Crippen LogP contribution in [0.2, 0.25) is 0 Å². The lowest BCUT2D eigenvalue weighted by molar-refractivity contribution is 0.0527. The van der Waals surface area contributed by atoms with Crippen molar-refractivity contribution in [2.24, 2.45) is 0 Å². The molecule has 3 heterocycles. The molecule has 1 fully saturated rings. The van der Waals surface area contributed by atoms with Crippen LogP contribution in [0.4, 0.5) is 5.69 Å². The first kappa shape index (κ1) is 14.8. The summed E-state index contributed by atoms with van der Waals surface area (Å²) < 4.78 is 12.3. The molecule has 1 saturated heterocycles. The van der Waals surface area contributed by atoms with Gasteiger partial charge in [0.1, 0.15) is 5.56 Å². The van der Waals surface area contributed by atoms with E-state index in [1.807, 2.05) is 6.92 Å². The predicted molar refractivity (Wildman–Crippen MR) is 82.0 cm³/mol. The highest BCUT2D eigenvalue weighted by atomic mass is 16.5. The van der Waals surface area contributed by atoms with Crippen LogP contribution in [0.1, 0.15) is 30.6 Å². The zero-order chi connectivity index (χ0) is 15.5. The van der Waals surface area contributed by atoms with E-state index in [9.17, 15) is 4.79 Å². The quantitative estimate of drug-likeness (QED) is 0.849. The van der Waals surface area contributed by atoms with Crippen LogP contribution in [-0.2, 0) is 16.0 Å². The minimum atomic E-state index is -0.373. The van der Waals surface area contributed by atoms with Gasteiger partial charge in [0.2, 0.25) is 0 Å². The molecule has 1 atom stereocenters. The number of esters is 1. The molecule has 0 saturated carbocycles. The van der Waals surface area contributed by atoms with Crippen LogP contribution in [-0.4, -0.2) is 46.6 Å². The number of aryl methyl sites for hydroxylation is 1. The predicted octanol–water partition coefficient (Wildman–Crippen LogP) is 1.83. The molecular weight excluding hydrogens is 284 g/mol. The van der Waals surface area contributed by atoms with Crippen LogP contribution in [0.3, 0.4) is 0 Å². The van der Waals surface area contributed by atoms with Gasteiger partial charge in [-0.2, -0.15) is 5.10 Å². The Balaban J connectivity index is 2.06. The van der Waals surface area contributed by atoms with Gasteiger partial charge in [0.05, 0.1) is 36.5 Å². The molecule has 2 aromatic heterocycles. The third-order valence-electron chi connectivity index (χ3n) is 3.74. The third kappa shape index (κ3) is 2.64. The average Bonchev–Trinajstić information content (AvgIpc) is 3.16. The summed E-state index contributed by atoms with van der Waals surface area (Å²) in [7, 11) is 0. The second kappa shape index (κ2) is 6.31. The van der Waals surface area contributed by atoms with Crippen molar-refractivity contribution >= 4 is 22.7 Å². The Bertz CT molecular complexity index is 677. The Morgan fingerprint density at radius 1 is 1.50 bits per heavy atom. The molecule has 0 spiro atoms. The maximum absolute atomic E-state index is 12.2. The highest BCUT2D eigenvalue weighted by Gasteiger charge is 2.23. The summed E-state index contributed by atoms with van der Waals surface area (Å²) in [4.78, 5) is 16.6. The molecular formula is C15H20N4O3. The number of ether oxygens (including phenoxy) is 2. The normalized spacial score (nSPS) is 17.8. The summed E-state index contributed by atoms with van der Waals surface area (Å²) in [5.41, 5.74) is 1.94. The van der Waals surface area contributed by atoms with Crippen LogP contribution in [0.25, 0.3) is 11.0 Å². The minimum absolute atomic E-state index is 0.184. The molecule has 22 heavy (non-hydrogen) atoms. The van der Waals surface area contributed by atoms with Gasteiger partial charge < -0.3 is 14.8 Å². The molecule has 3 rings (SSSR count). The summed E-state index contributed by atoms with van der Waals surface area (Å²) in [6.45, 7) is 6.21. The fourth-order valence-electron chi connectivity index (χ4n) is 2.63. The van der Waals surface area contributed by atoms with Crippen molar-refractivity contribution in [2.75, 3.05) is 25.1 Å². The highest BCUT2D eigenvalue weighted by molar-refractivity contribution is 6.04. The van der Waals surface area contributed by atoms with Crippen LogP contribution >= 0.6 is 0 Å². The number of fused-ring (bicyclic) bond motifs is 1. The van der Waals surface area contributed by atoms with E-state index < -0.39 is 0 Å². The molecule has 0 aromatic carbocycles. The van der Waals surface area contributed by atoms with Crippen molar-refractivity contribution in [1.82, 2.24) is 14.8 Å². The second-order valence-corrected chi connectivity index (χ2v) is 5.17. The van der Waals surface area contributed by atoms with Gasteiger partial charge in [-0.1, -0.05) is 0 Å². The van der Waals surface area contributed by atoms with E-state index in [1.165, 1.54) is 0 Å². The Kier molecular flexibility index (Phi) is 4.24. The molecule has 0 unspecified atom stereocenters. The lowest BCUT2D eigenvalue weighted by Gasteiger charge is -2.16. The van der Waals surface area contributed by atoms with Gasteiger partial charge in [0.15, 0.2) is 5.65 Å². The van der Waals surface area contributed by atoms with Crippen molar-refractivity contribution < 1.29 is 14.3 Å². The third-order valence-corrected chi connectivity index (χ3v) is 3.74. The number of nitrogens with one attached hydrogen (secondary N) is 1. The van der Waals surface area contributed by atoms with E-state index in [4.69, 9.17) is 9.47 Å². The van der Waals surface area contributed by atoms with E-state index in [0.29, 0.717) is 18.8 Å². The summed E-state index contributed by atoms with van der Waals surface area (Å²) in [6, 6.07) is 0.184. The van der Waals surface area contributed by atoms with Gasteiger partial charge in [-0.25, -0.2) is 14.5 Å². The monoisotopic (exact) mass is 304 g/mol. The van der Waals surface area contributed by atoms with E-state index in [-0.39, 0.29) is 12.0 Å². The van der Waals surface area contributed by atoms with Crippen molar-refractivity contribution in [2.45, 2.75) is 32.9 Å². The molecule has 7 heteroatoms. The topological polar surface area (TPSA) is 78.3 Å². The fourth-order valence-corrected chi connectivity index (χ4v) is 2.63. The number of rotatable bonds is 5. The molecule has 0 amide bonds. The maximum atomic E-state index is 12.2. The minimum Gasteiger partial charge on any atom is -0.462 e. The zero-order valence-corrected chi connectivity index (χ0v) is 12.8. The fraction of sp³-hybridized carbons (Fsp3) is 0.533. The van der Waals surface area contributed by atoms with E-state index >= 15 is 0 Å². The Labute approximate surface area is 128 Å². The van der Waals surface area contributed by atoms with Gasteiger partial charge >= 0.3 is 5.97 Å². The summed E-state index contributed by atoms with van der Waals surface area (Å²) in [6.07, 6.45) is 4.22. The molecule has 0 aliphatic carbocycles. The standard InChI is InChI=1S/C15H20N4O3/c1-3-19-14-11(8-17-19)13(18-10-5-6-21-9-10)12(7-16-14)15(20)22-4-2/h7-8,10H,3-6,9H2,1-2H3,(H,16,18)/t10-/m0/s1. The van der Waals surface area contributed by atoms with Crippen molar-refractivity contribution in [3.8, 4) is 0 Å². The van der Waals surface area contributed by atoms with Gasteiger partial charge in [0.25, 0.3) is 0 Å². The van der Waals surface area contributed by atoms with Crippen LogP contribution < -0.4 is 5.32 Å². The summed E-state index contributed by atoms with van der Waals surface area (Å²) in [5.74, 6) is -0.373. The highest BCUT2D eigenvalue weighted by Crippen LogP contribution is 2.28. The number of hydrogen-bond acceptors (Lipinski definition) is 6. The molecule has 0 radical (unpaired) electrons. The molecule has 118 valence electrons. The molecule has 1 N–H and O–H groups in total. The lowest BCUT2D eigenvalue weighted by atomic mass is 10.1. The SMILES string of the molecule is CCOC(=O)c1cnc2c(cnn2CC)c1N[C@H]1CCOC1. The number of aromatic nitrogens is 3. The first-order valence-corrected chi connectivity index (χ1v) is 7.60.